The molecule has 1 aliphatic rings. The molecule has 0 saturated heterocycles. The van der Waals surface area contributed by atoms with Gasteiger partial charge in [0.1, 0.15) is 23.2 Å². The van der Waals surface area contributed by atoms with Crippen LogP contribution in [0.15, 0.2) is 12.1 Å². The van der Waals surface area contributed by atoms with Crippen molar-refractivity contribution in [3.63, 3.8) is 0 Å². The summed E-state index contributed by atoms with van der Waals surface area (Å²) in [4.78, 5) is 24.1. The second-order valence-electron chi connectivity index (χ2n) is 4.67. The first-order valence-electron chi connectivity index (χ1n) is 6.44. The maximum Gasteiger partial charge on any atom is 0.147 e. The number of ether oxygens (including phenoxy) is 1. The lowest BCUT2D eigenvalue weighted by Crippen LogP contribution is -2.27. The molecule has 4 heteroatoms. The average molecular weight is 291 g/mol. The van der Waals surface area contributed by atoms with Crippen molar-refractivity contribution in [1.82, 2.24) is 0 Å². The van der Waals surface area contributed by atoms with Crippen molar-refractivity contribution in [3.8, 4) is 17.6 Å². The highest BCUT2D eigenvalue weighted by molar-refractivity contribution is 6.32. The lowest BCUT2D eigenvalue weighted by Gasteiger charge is -2.22. The van der Waals surface area contributed by atoms with Crippen molar-refractivity contribution < 1.29 is 14.3 Å². The molecule has 0 bridgehead atoms. The molecule has 1 aliphatic carbocycles. The maximum atomic E-state index is 12.1. The number of halogens is 1. The number of carbonyl (C=O) groups excluding carboxylic acids is 2. The highest BCUT2D eigenvalue weighted by Gasteiger charge is 2.35. The first-order valence-corrected chi connectivity index (χ1v) is 6.82. The zero-order chi connectivity index (χ0) is 14.7. The molecular weight excluding hydrogens is 276 g/mol. The fourth-order valence-electron chi connectivity index (χ4n) is 2.49. The highest BCUT2D eigenvalue weighted by atomic mass is 35.5. The van der Waals surface area contributed by atoms with Gasteiger partial charge in [-0.05, 0) is 25.5 Å². The van der Waals surface area contributed by atoms with Crippen molar-refractivity contribution in [2.75, 3.05) is 7.11 Å². The summed E-state index contributed by atoms with van der Waals surface area (Å²) in [7, 11) is 1.50. The average Bonchev–Trinajstić information content (AvgIpc) is 2.40. The SMILES string of the molecule is CC#Cc1cc(Cl)c(C2C(=O)CCCC2=O)c(OC)c1. The minimum Gasteiger partial charge on any atom is -0.496 e. The van der Waals surface area contributed by atoms with Crippen LogP contribution >= 0.6 is 11.6 Å². The van der Waals surface area contributed by atoms with Crippen LogP contribution in [0, 0.1) is 11.8 Å². The van der Waals surface area contributed by atoms with Crippen LogP contribution in [0.25, 0.3) is 0 Å². The Kier molecular flexibility index (Phi) is 4.46. The van der Waals surface area contributed by atoms with Crippen molar-refractivity contribution in [2.45, 2.75) is 32.1 Å². The molecule has 0 amide bonds. The second kappa shape index (κ2) is 6.11. The minimum absolute atomic E-state index is 0.0872. The van der Waals surface area contributed by atoms with E-state index in [0.717, 1.165) is 0 Å². The van der Waals surface area contributed by atoms with Crippen LogP contribution in [0.4, 0.5) is 0 Å². The minimum atomic E-state index is -0.796. The summed E-state index contributed by atoms with van der Waals surface area (Å²) >= 11 is 6.26. The molecule has 0 N–H and O–H groups in total. The monoisotopic (exact) mass is 290 g/mol. The lowest BCUT2D eigenvalue weighted by atomic mass is 9.81. The van der Waals surface area contributed by atoms with Gasteiger partial charge in [0.2, 0.25) is 0 Å². The van der Waals surface area contributed by atoms with E-state index in [1.807, 2.05) is 0 Å². The molecule has 0 atom stereocenters. The third-order valence-electron chi connectivity index (χ3n) is 3.36. The van der Waals surface area contributed by atoms with Gasteiger partial charge in [0.25, 0.3) is 0 Å². The summed E-state index contributed by atoms with van der Waals surface area (Å²) in [6.07, 6.45) is 1.44. The van der Waals surface area contributed by atoms with Gasteiger partial charge < -0.3 is 4.74 Å². The van der Waals surface area contributed by atoms with E-state index in [-0.39, 0.29) is 11.6 Å². The normalized spacial score (nSPS) is 15.8. The van der Waals surface area contributed by atoms with Crippen LogP contribution in [0.5, 0.6) is 5.75 Å². The molecule has 0 unspecified atom stereocenters. The van der Waals surface area contributed by atoms with Crippen LogP contribution in [0.3, 0.4) is 0 Å². The van der Waals surface area contributed by atoms with E-state index in [4.69, 9.17) is 16.3 Å². The number of carbonyl (C=O) groups is 2. The smallest absolute Gasteiger partial charge is 0.147 e. The summed E-state index contributed by atoms with van der Waals surface area (Å²) in [6, 6.07) is 3.39. The van der Waals surface area contributed by atoms with E-state index in [0.29, 0.717) is 41.2 Å². The Morgan fingerprint density at radius 2 is 1.90 bits per heavy atom. The molecule has 1 saturated carbocycles. The van der Waals surface area contributed by atoms with Crippen molar-refractivity contribution in [1.29, 1.82) is 0 Å². The van der Waals surface area contributed by atoms with Crippen LogP contribution in [0.2, 0.25) is 5.02 Å². The topological polar surface area (TPSA) is 43.4 Å². The van der Waals surface area contributed by atoms with E-state index in [2.05, 4.69) is 11.8 Å². The Morgan fingerprint density at radius 3 is 2.45 bits per heavy atom. The maximum absolute atomic E-state index is 12.1. The third-order valence-corrected chi connectivity index (χ3v) is 3.67. The first-order chi connectivity index (χ1) is 9.58. The fourth-order valence-corrected chi connectivity index (χ4v) is 2.81. The number of Topliss-reactive ketones (excluding diaryl/α,β-unsaturated/α-hetero) is 2. The van der Waals surface area contributed by atoms with Crippen molar-refractivity contribution in [2.24, 2.45) is 0 Å². The van der Waals surface area contributed by atoms with E-state index < -0.39 is 5.92 Å². The van der Waals surface area contributed by atoms with Gasteiger partial charge in [0, 0.05) is 29.0 Å². The van der Waals surface area contributed by atoms with Crippen LogP contribution in [-0.2, 0) is 9.59 Å². The Labute approximate surface area is 123 Å². The number of rotatable bonds is 2. The molecular formula is C16H15ClO3. The molecule has 20 heavy (non-hydrogen) atoms. The Hall–Kier alpha value is -1.79. The van der Waals surface area contributed by atoms with Gasteiger partial charge in [0.15, 0.2) is 0 Å². The van der Waals surface area contributed by atoms with Crippen molar-refractivity contribution in [3.05, 3.63) is 28.3 Å². The summed E-state index contributed by atoms with van der Waals surface area (Å²) in [5, 5.41) is 0.357. The predicted octanol–water partition coefficient (Wildman–Crippen LogP) is 3.13. The number of benzene rings is 1. The summed E-state index contributed by atoms with van der Waals surface area (Å²) in [6.45, 7) is 1.72. The molecule has 104 valence electrons. The third kappa shape index (κ3) is 2.71. The number of ketones is 2. The Balaban J connectivity index is 2.57. The predicted molar refractivity (Wildman–Crippen MR) is 77.2 cm³/mol. The number of hydrogen-bond acceptors (Lipinski definition) is 3. The standard InChI is InChI=1S/C16H15ClO3/c1-3-5-10-8-11(17)15(14(9-10)20-2)16-12(18)6-4-7-13(16)19/h8-9,16H,4,6-7H2,1-2H3. The van der Waals surface area contributed by atoms with Crippen LogP contribution in [-0.4, -0.2) is 18.7 Å². The first kappa shape index (κ1) is 14.6. The van der Waals surface area contributed by atoms with Crippen molar-refractivity contribution >= 4 is 23.2 Å². The van der Waals surface area contributed by atoms with E-state index in [1.54, 1.807) is 19.1 Å². The summed E-state index contributed by atoms with van der Waals surface area (Å²) in [5.41, 5.74) is 1.18. The molecule has 1 aromatic carbocycles. The number of methoxy groups -OCH3 is 1. The van der Waals surface area contributed by atoms with E-state index in [1.165, 1.54) is 7.11 Å². The molecule has 0 aromatic heterocycles. The van der Waals surface area contributed by atoms with Gasteiger partial charge in [-0.3, -0.25) is 9.59 Å². The molecule has 0 spiro atoms. The van der Waals surface area contributed by atoms with Gasteiger partial charge >= 0.3 is 0 Å². The van der Waals surface area contributed by atoms with Gasteiger partial charge in [-0.15, -0.1) is 5.92 Å². The Bertz CT molecular complexity index is 607. The van der Waals surface area contributed by atoms with Gasteiger partial charge in [-0.1, -0.05) is 17.5 Å². The molecule has 0 heterocycles. The largest absolute Gasteiger partial charge is 0.496 e. The molecule has 2 rings (SSSR count). The molecule has 3 nitrogen and oxygen atoms in total. The molecule has 0 radical (unpaired) electrons. The quantitative estimate of drug-likeness (QED) is 0.621. The zero-order valence-corrected chi connectivity index (χ0v) is 12.2. The second-order valence-corrected chi connectivity index (χ2v) is 5.08. The zero-order valence-electron chi connectivity index (χ0n) is 11.5. The van der Waals surface area contributed by atoms with Gasteiger partial charge in [-0.25, -0.2) is 0 Å². The molecule has 1 fully saturated rings. The summed E-state index contributed by atoms with van der Waals surface area (Å²) < 4.78 is 5.31. The number of hydrogen-bond donors (Lipinski definition) is 0. The lowest BCUT2D eigenvalue weighted by molar-refractivity contribution is -0.131. The van der Waals surface area contributed by atoms with E-state index in [9.17, 15) is 9.59 Å². The molecule has 1 aromatic rings. The molecule has 0 aliphatic heterocycles. The summed E-state index contributed by atoms with van der Waals surface area (Å²) in [5.74, 6) is 5.15. The van der Waals surface area contributed by atoms with E-state index >= 15 is 0 Å². The highest BCUT2D eigenvalue weighted by Crippen LogP contribution is 2.38. The van der Waals surface area contributed by atoms with Gasteiger partial charge in [-0.2, -0.15) is 0 Å². The Morgan fingerprint density at radius 1 is 1.25 bits per heavy atom. The van der Waals surface area contributed by atoms with Gasteiger partial charge in [0.05, 0.1) is 7.11 Å². The fraction of sp³-hybridized carbons (Fsp3) is 0.375. The van der Waals surface area contributed by atoms with Crippen LogP contribution < -0.4 is 4.74 Å². The van der Waals surface area contributed by atoms with Crippen LogP contribution in [0.1, 0.15) is 43.2 Å².